The smallest absolute Gasteiger partial charge is 0.185 e. The van der Waals surface area contributed by atoms with Crippen LogP contribution in [0.25, 0.3) is 0 Å². The Morgan fingerprint density at radius 3 is 2.69 bits per heavy atom. The van der Waals surface area contributed by atoms with Crippen molar-refractivity contribution in [3.8, 4) is 0 Å². The number of allylic oxidation sites excluding steroid dienone is 6. The van der Waals surface area contributed by atoms with E-state index < -0.39 is 0 Å². The average Bonchev–Trinajstić information content (AvgIpc) is 2.38. The molecule has 0 bridgehead atoms. The summed E-state index contributed by atoms with van der Waals surface area (Å²) < 4.78 is 0. The average molecular weight is 210 g/mol. The molecule has 1 aliphatic rings. The van der Waals surface area contributed by atoms with Crippen LogP contribution in [0, 0.1) is 5.92 Å². The maximum absolute atomic E-state index is 11.8. The molecule has 0 aromatic heterocycles. The van der Waals surface area contributed by atoms with Gasteiger partial charge in [0.15, 0.2) is 5.78 Å². The fraction of sp³-hybridized carbons (Fsp3) is 0.133. The maximum atomic E-state index is 11.8. The van der Waals surface area contributed by atoms with Crippen molar-refractivity contribution in [3.05, 3.63) is 72.4 Å². The molecular weight excluding hydrogens is 196 g/mol. The van der Waals surface area contributed by atoms with E-state index in [1.807, 2.05) is 48.6 Å². The summed E-state index contributed by atoms with van der Waals surface area (Å²) in [5, 5.41) is 0. The first kappa shape index (κ1) is 10.6. The Morgan fingerprint density at radius 1 is 1.19 bits per heavy atom. The monoisotopic (exact) mass is 210 g/mol. The van der Waals surface area contributed by atoms with Gasteiger partial charge in [0, 0.05) is 5.56 Å². The molecule has 0 saturated carbocycles. The molecule has 0 fully saturated rings. The minimum atomic E-state index is 0.0727. The molecule has 16 heavy (non-hydrogen) atoms. The highest BCUT2D eigenvalue weighted by Gasteiger charge is 2.03. The van der Waals surface area contributed by atoms with Crippen LogP contribution in [0.5, 0.6) is 0 Å². The fourth-order valence-corrected chi connectivity index (χ4v) is 1.65. The summed E-state index contributed by atoms with van der Waals surface area (Å²) in [6.45, 7) is 0. The molecule has 1 aromatic rings. The lowest BCUT2D eigenvalue weighted by Crippen LogP contribution is -1.97. The third-order valence-electron chi connectivity index (χ3n) is 2.57. The van der Waals surface area contributed by atoms with Crippen LogP contribution >= 0.6 is 0 Å². The van der Waals surface area contributed by atoms with E-state index in [1.165, 1.54) is 0 Å². The second-order valence-corrected chi connectivity index (χ2v) is 3.80. The van der Waals surface area contributed by atoms with Gasteiger partial charge in [-0.05, 0) is 18.4 Å². The van der Waals surface area contributed by atoms with Crippen molar-refractivity contribution >= 4 is 5.78 Å². The first-order valence-corrected chi connectivity index (χ1v) is 5.47. The van der Waals surface area contributed by atoms with Crippen molar-refractivity contribution in [2.45, 2.75) is 6.42 Å². The van der Waals surface area contributed by atoms with Crippen molar-refractivity contribution in [2.75, 3.05) is 0 Å². The summed E-state index contributed by atoms with van der Waals surface area (Å²) >= 11 is 0. The molecule has 0 heterocycles. The first-order valence-electron chi connectivity index (χ1n) is 5.47. The van der Waals surface area contributed by atoms with Gasteiger partial charge in [-0.2, -0.15) is 0 Å². The summed E-state index contributed by atoms with van der Waals surface area (Å²) in [5.41, 5.74) is 0.745. The van der Waals surface area contributed by atoms with Crippen LogP contribution in [-0.4, -0.2) is 5.78 Å². The highest BCUT2D eigenvalue weighted by atomic mass is 16.1. The highest BCUT2D eigenvalue weighted by molar-refractivity contribution is 6.04. The van der Waals surface area contributed by atoms with Crippen LogP contribution < -0.4 is 0 Å². The van der Waals surface area contributed by atoms with E-state index >= 15 is 0 Å². The van der Waals surface area contributed by atoms with Gasteiger partial charge in [0.25, 0.3) is 0 Å². The number of carbonyl (C=O) groups is 1. The van der Waals surface area contributed by atoms with Crippen molar-refractivity contribution in [3.63, 3.8) is 0 Å². The van der Waals surface area contributed by atoms with Gasteiger partial charge in [-0.1, -0.05) is 60.7 Å². The first-order chi connectivity index (χ1) is 7.86. The lowest BCUT2D eigenvalue weighted by Gasteiger charge is -2.06. The fourth-order valence-electron chi connectivity index (χ4n) is 1.65. The third-order valence-corrected chi connectivity index (χ3v) is 2.57. The third kappa shape index (κ3) is 2.80. The Labute approximate surface area is 95.8 Å². The zero-order valence-corrected chi connectivity index (χ0v) is 9.04. The van der Waals surface area contributed by atoms with E-state index in [4.69, 9.17) is 0 Å². The van der Waals surface area contributed by atoms with Gasteiger partial charge >= 0.3 is 0 Å². The summed E-state index contributed by atoms with van der Waals surface area (Å²) in [6, 6.07) is 9.34. The Balaban J connectivity index is 2.00. The van der Waals surface area contributed by atoms with Gasteiger partial charge in [0.1, 0.15) is 0 Å². The summed E-state index contributed by atoms with van der Waals surface area (Å²) in [5.74, 6) is 0.432. The summed E-state index contributed by atoms with van der Waals surface area (Å²) in [4.78, 5) is 11.8. The largest absolute Gasteiger partial charge is 0.289 e. The van der Waals surface area contributed by atoms with Crippen molar-refractivity contribution < 1.29 is 4.79 Å². The number of carbonyl (C=O) groups excluding carboxylic acids is 1. The number of rotatable bonds is 3. The molecule has 0 radical (unpaired) electrons. The Hall–Kier alpha value is -1.89. The molecule has 1 aromatic carbocycles. The van der Waals surface area contributed by atoms with Gasteiger partial charge in [0.05, 0.1) is 0 Å². The second-order valence-electron chi connectivity index (χ2n) is 3.80. The minimum Gasteiger partial charge on any atom is -0.289 e. The molecule has 0 amide bonds. The normalized spacial score (nSPS) is 19.1. The quantitative estimate of drug-likeness (QED) is 0.550. The van der Waals surface area contributed by atoms with Crippen LogP contribution in [0.2, 0.25) is 0 Å². The maximum Gasteiger partial charge on any atom is 0.185 e. The van der Waals surface area contributed by atoms with Gasteiger partial charge < -0.3 is 0 Å². The molecular formula is C15H14O. The van der Waals surface area contributed by atoms with E-state index in [9.17, 15) is 4.79 Å². The van der Waals surface area contributed by atoms with Crippen LogP contribution in [0.3, 0.4) is 0 Å². The molecule has 80 valence electrons. The van der Waals surface area contributed by atoms with Crippen LogP contribution in [-0.2, 0) is 0 Å². The second kappa shape index (κ2) is 5.26. The molecule has 1 aliphatic carbocycles. The van der Waals surface area contributed by atoms with Crippen LogP contribution in [0.15, 0.2) is 66.8 Å². The van der Waals surface area contributed by atoms with Crippen molar-refractivity contribution in [1.82, 2.24) is 0 Å². The number of hydrogen-bond acceptors (Lipinski definition) is 1. The number of benzene rings is 1. The molecule has 1 unspecified atom stereocenters. The summed E-state index contributed by atoms with van der Waals surface area (Å²) in [6.07, 6.45) is 12.9. The summed E-state index contributed by atoms with van der Waals surface area (Å²) in [7, 11) is 0. The molecule has 1 nitrogen and oxygen atoms in total. The van der Waals surface area contributed by atoms with Gasteiger partial charge in [-0.25, -0.2) is 0 Å². The molecule has 0 aliphatic heterocycles. The molecule has 0 spiro atoms. The lowest BCUT2D eigenvalue weighted by molar-refractivity contribution is 0.104. The van der Waals surface area contributed by atoms with E-state index in [1.54, 1.807) is 6.08 Å². The van der Waals surface area contributed by atoms with Crippen LogP contribution in [0.1, 0.15) is 16.8 Å². The molecule has 0 saturated heterocycles. The molecule has 2 rings (SSSR count). The highest BCUT2D eigenvalue weighted by Crippen LogP contribution is 2.13. The zero-order valence-electron chi connectivity index (χ0n) is 9.04. The predicted octanol–water partition coefficient (Wildman–Crippen LogP) is 3.56. The SMILES string of the molecule is O=C(/C=C/C1C=CC=CC1)c1ccccc1. The lowest BCUT2D eigenvalue weighted by atomic mass is 9.99. The van der Waals surface area contributed by atoms with E-state index in [-0.39, 0.29) is 5.78 Å². The van der Waals surface area contributed by atoms with E-state index in [2.05, 4.69) is 12.2 Å². The predicted molar refractivity (Wildman–Crippen MR) is 66.3 cm³/mol. The van der Waals surface area contributed by atoms with Crippen molar-refractivity contribution in [2.24, 2.45) is 5.92 Å². The number of hydrogen-bond donors (Lipinski definition) is 0. The molecule has 1 atom stereocenters. The van der Waals surface area contributed by atoms with Gasteiger partial charge in [-0.15, -0.1) is 0 Å². The standard InChI is InChI=1S/C15H14O/c16-15(14-9-5-2-6-10-14)12-11-13-7-3-1-4-8-13/h1-7,9-13H,8H2/b12-11+. The Kier molecular flexibility index (Phi) is 3.50. The van der Waals surface area contributed by atoms with Crippen molar-refractivity contribution in [1.29, 1.82) is 0 Å². The van der Waals surface area contributed by atoms with Crippen LogP contribution in [0.4, 0.5) is 0 Å². The minimum absolute atomic E-state index is 0.0727. The Morgan fingerprint density at radius 2 is 2.00 bits per heavy atom. The van der Waals surface area contributed by atoms with Gasteiger partial charge in [-0.3, -0.25) is 4.79 Å². The van der Waals surface area contributed by atoms with Gasteiger partial charge in [0.2, 0.25) is 0 Å². The molecule has 0 N–H and O–H groups in total. The van der Waals surface area contributed by atoms with E-state index in [0.29, 0.717) is 5.92 Å². The topological polar surface area (TPSA) is 17.1 Å². The zero-order chi connectivity index (χ0) is 11.2. The number of ketones is 1. The molecule has 1 heteroatoms. The Bertz CT molecular complexity index is 438. The van der Waals surface area contributed by atoms with E-state index in [0.717, 1.165) is 12.0 Å².